The Labute approximate surface area is 123 Å². The highest BCUT2D eigenvalue weighted by molar-refractivity contribution is 5.35. The number of hydrogen-bond donors (Lipinski definition) is 1. The molecule has 112 valence electrons. The van der Waals surface area contributed by atoms with Gasteiger partial charge in [-0.05, 0) is 45.1 Å². The van der Waals surface area contributed by atoms with Gasteiger partial charge in [0, 0.05) is 24.8 Å². The van der Waals surface area contributed by atoms with Gasteiger partial charge in [-0.25, -0.2) is 9.97 Å². The van der Waals surface area contributed by atoms with E-state index in [-0.39, 0.29) is 0 Å². The van der Waals surface area contributed by atoms with Crippen LogP contribution in [-0.2, 0) is 6.54 Å². The average molecular weight is 276 g/mol. The molecule has 1 aromatic heterocycles. The number of hydrogen-bond acceptors (Lipinski definition) is 4. The summed E-state index contributed by atoms with van der Waals surface area (Å²) in [6.07, 6.45) is 5.11. The van der Waals surface area contributed by atoms with Crippen LogP contribution in [0.2, 0.25) is 0 Å². The van der Waals surface area contributed by atoms with Gasteiger partial charge in [0.15, 0.2) is 0 Å². The molecular formula is C16H28N4. The van der Waals surface area contributed by atoms with Crippen LogP contribution in [0.1, 0.15) is 51.0 Å². The lowest BCUT2D eigenvalue weighted by Gasteiger charge is -2.21. The molecular weight excluding hydrogens is 248 g/mol. The number of anilines is 1. The largest absolute Gasteiger partial charge is 0.370 e. The second-order valence-corrected chi connectivity index (χ2v) is 5.92. The monoisotopic (exact) mass is 276 g/mol. The Hall–Kier alpha value is -1.16. The molecule has 0 radical (unpaired) electrons. The van der Waals surface area contributed by atoms with E-state index in [0.717, 1.165) is 49.3 Å². The molecule has 0 amide bonds. The van der Waals surface area contributed by atoms with E-state index in [1.165, 1.54) is 25.8 Å². The molecule has 1 aliphatic carbocycles. The van der Waals surface area contributed by atoms with Crippen LogP contribution < -0.4 is 5.32 Å². The SMILES string of the molecule is CCCNc1cc(C)nc(CN(CCC)CC2CC2)n1. The lowest BCUT2D eigenvalue weighted by molar-refractivity contribution is 0.249. The Morgan fingerprint density at radius 2 is 2.05 bits per heavy atom. The fourth-order valence-electron chi connectivity index (χ4n) is 2.46. The molecule has 1 aliphatic rings. The summed E-state index contributed by atoms with van der Waals surface area (Å²) in [4.78, 5) is 11.8. The quantitative estimate of drug-likeness (QED) is 0.752. The Morgan fingerprint density at radius 1 is 1.25 bits per heavy atom. The standard InChI is InChI=1S/C16H28N4/c1-4-8-17-15-10-13(3)18-16(19-15)12-20(9-5-2)11-14-6-7-14/h10,14H,4-9,11-12H2,1-3H3,(H,17,18,19). The van der Waals surface area contributed by atoms with Crippen molar-refractivity contribution in [2.45, 2.75) is 53.0 Å². The van der Waals surface area contributed by atoms with Gasteiger partial charge in [0.2, 0.25) is 0 Å². The number of aryl methyl sites for hydroxylation is 1. The average Bonchev–Trinajstić information content (AvgIpc) is 3.20. The maximum absolute atomic E-state index is 4.66. The first kappa shape index (κ1) is 15.2. The molecule has 0 aromatic carbocycles. The first-order chi connectivity index (χ1) is 9.71. The molecule has 0 unspecified atom stereocenters. The molecule has 1 saturated carbocycles. The maximum Gasteiger partial charge on any atom is 0.144 e. The zero-order valence-corrected chi connectivity index (χ0v) is 13.2. The molecule has 0 atom stereocenters. The fraction of sp³-hybridized carbons (Fsp3) is 0.750. The molecule has 1 aromatic rings. The second kappa shape index (κ2) is 7.58. The Kier molecular flexibility index (Phi) is 5.77. The van der Waals surface area contributed by atoms with Crippen LogP contribution in [0.3, 0.4) is 0 Å². The summed E-state index contributed by atoms with van der Waals surface area (Å²) < 4.78 is 0. The third kappa shape index (κ3) is 5.08. The molecule has 2 rings (SSSR count). The molecule has 1 N–H and O–H groups in total. The van der Waals surface area contributed by atoms with Crippen molar-refractivity contribution in [3.05, 3.63) is 17.6 Å². The zero-order chi connectivity index (χ0) is 14.4. The van der Waals surface area contributed by atoms with Crippen LogP contribution in [0.5, 0.6) is 0 Å². The molecule has 1 heterocycles. The highest BCUT2D eigenvalue weighted by Crippen LogP contribution is 2.30. The summed E-state index contributed by atoms with van der Waals surface area (Å²) in [5, 5.41) is 3.36. The number of nitrogens with one attached hydrogen (secondary N) is 1. The number of aromatic nitrogens is 2. The van der Waals surface area contributed by atoms with Crippen LogP contribution in [-0.4, -0.2) is 34.5 Å². The maximum atomic E-state index is 4.66. The van der Waals surface area contributed by atoms with Gasteiger partial charge in [0.25, 0.3) is 0 Å². The van der Waals surface area contributed by atoms with Crippen LogP contribution in [0.25, 0.3) is 0 Å². The summed E-state index contributed by atoms with van der Waals surface area (Å²) in [5.74, 6) is 2.85. The minimum absolute atomic E-state index is 0.882. The van der Waals surface area contributed by atoms with Gasteiger partial charge in [0.1, 0.15) is 11.6 Å². The van der Waals surface area contributed by atoms with E-state index in [4.69, 9.17) is 0 Å². The molecule has 0 aliphatic heterocycles. The van der Waals surface area contributed by atoms with Crippen LogP contribution in [0.4, 0.5) is 5.82 Å². The predicted molar refractivity (Wildman–Crippen MR) is 83.8 cm³/mol. The third-order valence-electron chi connectivity index (χ3n) is 3.57. The van der Waals surface area contributed by atoms with Gasteiger partial charge in [0.05, 0.1) is 6.54 Å². The highest BCUT2D eigenvalue weighted by atomic mass is 15.2. The molecule has 4 heteroatoms. The van der Waals surface area contributed by atoms with E-state index in [0.29, 0.717) is 0 Å². The smallest absolute Gasteiger partial charge is 0.144 e. The number of nitrogens with zero attached hydrogens (tertiary/aromatic N) is 3. The first-order valence-corrected chi connectivity index (χ1v) is 8.02. The summed E-state index contributed by atoms with van der Waals surface area (Å²) in [6.45, 7) is 10.7. The summed E-state index contributed by atoms with van der Waals surface area (Å²) in [7, 11) is 0. The molecule has 4 nitrogen and oxygen atoms in total. The van der Waals surface area contributed by atoms with Crippen molar-refractivity contribution in [3.63, 3.8) is 0 Å². The minimum atomic E-state index is 0.882. The van der Waals surface area contributed by atoms with Crippen molar-refractivity contribution in [1.29, 1.82) is 0 Å². The summed E-state index contributed by atoms with van der Waals surface area (Å²) in [5.41, 5.74) is 1.05. The van der Waals surface area contributed by atoms with E-state index < -0.39 is 0 Å². The minimum Gasteiger partial charge on any atom is -0.370 e. The van der Waals surface area contributed by atoms with Gasteiger partial charge >= 0.3 is 0 Å². The molecule has 20 heavy (non-hydrogen) atoms. The normalized spacial score (nSPS) is 14.8. The van der Waals surface area contributed by atoms with E-state index >= 15 is 0 Å². The van der Waals surface area contributed by atoms with Crippen LogP contribution in [0.15, 0.2) is 6.07 Å². The molecule has 1 fully saturated rings. The van der Waals surface area contributed by atoms with E-state index in [9.17, 15) is 0 Å². The molecule has 0 spiro atoms. The van der Waals surface area contributed by atoms with Crippen molar-refractivity contribution < 1.29 is 0 Å². The fourth-order valence-corrected chi connectivity index (χ4v) is 2.46. The van der Waals surface area contributed by atoms with Gasteiger partial charge in [-0.3, -0.25) is 4.90 Å². The van der Waals surface area contributed by atoms with Gasteiger partial charge in [-0.1, -0.05) is 13.8 Å². The molecule has 0 bridgehead atoms. The zero-order valence-electron chi connectivity index (χ0n) is 13.2. The van der Waals surface area contributed by atoms with Gasteiger partial charge < -0.3 is 5.32 Å². The lowest BCUT2D eigenvalue weighted by atomic mass is 10.3. The molecule has 0 saturated heterocycles. The van der Waals surface area contributed by atoms with Gasteiger partial charge in [-0.2, -0.15) is 0 Å². The Bertz CT molecular complexity index is 415. The number of rotatable bonds is 9. The predicted octanol–water partition coefficient (Wildman–Crippen LogP) is 3.23. The van der Waals surface area contributed by atoms with E-state index in [2.05, 4.69) is 34.0 Å². The summed E-state index contributed by atoms with van der Waals surface area (Å²) in [6, 6.07) is 2.03. The van der Waals surface area contributed by atoms with Crippen molar-refractivity contribution in [3.8, 4) is 0 Å². The van der Waals surface area contributed by atoms with E-state index in [1.54, 1.807) is 0 Å². The second-order valence-electron chi connectivity index (χ2n) is 5.92. The first-order valence-electron chi connectivity index (χ1n) is 8.02. The van der Waals surface area contributed by atoms with Crippen LogP contribution >= 0.6 is 0 Å². The van der Waals surface area contributed by atoms with Gasteiger partial charge in [-0.15, -0.1) is 0 Å². The van der Waals surface area contributed by atoms with Crippen molar-refractivity contribution in [2.75, 3.05) is 25.0 Å². The highest BCUT2D eigenvalue weighted by Gasteiger charge is 2.24. The third-order valence-corrected chi connectivity index (χ3v) is 3.57. The van der Waals surface area contributed by atoms with Crippen molar-refractivity contribution >= 4 is 5.82 Å². The Balaban J connectivity index is 1.99. The van der Waals surface area contributed by atoms with Crippen molar-refractivity contribution in [1.82, 2.24) is 14.9 Å². The lowest BCUT2D eigenvalue weighted by Crippen LogP contribution is -2.27. The van der Waals surface area contributed by atoms with Crippen LogP contribution in [0, 0.1) is 12.8 Å². The topological polar surface area (TPSA) is 41.1 Å². The Morgan fingerprint density at radius 3 is 2.70 bits per heavy atom. The van der Waals surface area contributed by atoms with Crippen molar-refractivity contribution in [2.24, 2.45) is 5.92 Å². The van der Waals surface area contributed by atoms with E-state index in [1.807, 2.05) is 13.0 Å². The summed E-state index contributed by atoms with van der Waals surface area (Å²) >= 11 is 0.